The minimum absolute atomic E-state index is 0.107. The number of ether oxygens (including phenoxy) is 2. The average molecular weight is 441 g/mol. The highest BCUT2D eigenvalue weighted by atomic mass is 28.4. The van der Waals surface area contributed by atoms with E-state index in [1.165, 1.54) is 17.5 Å². The maximum atomic E-state index is 11.7. The van der Waals surface area contributed by atoms with Gasteiger partial charge >= 0.3 is 5.97 Å². The second kappa shape index (κ2) is 9.91. The van der Waals surface area contributed by atoms with E-state index in [2.05, 4.69) is 45.0 Å². The zero-order valence-corrected chi connectivity index (χ0v) is 19.7. The fraction of sp³-hybridized carbons (Fsp3) is 0.400. The Morgan fingerprint density at radius 3 is 2.03 bits per heavy atom. The van der Waals surface area contributed by atoms with Crippen molar-refractivity contribution in [1.82, 2.24) is 0 Å². The number of aliphatic hydroxyl groups excluding tert-OH is 1. The first-order chi connectivity index (χ1) is 14.8. The molecule has 0 bridgehead atoms. The number of aliphatic hydroxyl groups is 1. The molecule has 1 aliphatic heterocycles. The number of rotatable bonds is 7. The van der Waals surface area contributed by atoms with Gasteiger partial charge in [0, 0.05) is 0 Å². The quantitative estimate of drug-likeness (QED) is 0.407. The van der Waals surface area contributed by atoms with E-state index in [0.29, 0.717) is 0 Å². The van der Waals surface area contributed by atoms with Crippen molar-refractivity contribution in [3.8, 4) is 0 Å². The Hall–Kier alpha value is -2.25. The zero-order chi connectivity index (χ0) is 22.5. The number of hydrogen-bond donors (Lipinski definition) is 1. The van der Waals surface area contributed by atoms with Gasteiger partial charge in [-0.2, -0.15) is 0 Å². The number of hydrogen-bond acceptors (Lipinski definition) is 5. The lowest BCUT2D eigenvalue weighted by molar-refractivity contribution is -0.146. The highest BCUT2D eigenvalue weighted by molar-refractivity contribution is 6.99. The molecule has 0 saturated carbocycles. The summed E-state index contributed by atoms with van der Waals surface area (Å²) in [5.74, 6) is -0.349. The van der Waals surface area contributed by atoms with E-state index in [4.69, 9.17) is 13.9 Å². The van der Waals surface area contributed by atoms with Crippen LogP contribution < -0.4 is 10.4 Å². The predicted molar refractivity (Wildman–Crippen MR) is 124 cm³/mol. The van der Waals surface area contributed by atoms with Crippen LogP contribution in [0.4, 0.5) is 0 Å². The van der Waals surface area contributed by atoms with Gasteiger partial charge in [-0.15, -0.1) is 0 Å². The van der Waals surface area contributed by atoms with Crippen LogP contribution in [0.15, 0.2) is 72.8 Å². The van der Waals surface area contributed by atoms with Crippen LogP contribution in [0, 0.1) is 0 Å². The van der Waals surface area contributed by atoms with Crippen LogP contribution in [0.25, 0.3) is 0 Å². The molecule has 0 unspecified atom stereocenters. The monoisotopic (exact) mass is 440 g/mol. The van der Waals surface area contributed by atoms with E-state index >= 15 is 0 Å². The van der Waals surface area contributed by atoms with Crippen LogP contribution in [0.3, 0.4) is 0 Å². The Bertz CT molecular complexity index is 836. The summed E-state index contributed by atoms with van der Waals surface area (Å²) < 4.78 is 17.6. The number of carbonyl (C=O) groups excluding carboxylic acids is 1. The molecule has 166 valence electrons. The van der Waals surface area contributed by atoms with Gasteiger partial charge in [0.05, 0.1) is 26.2 Å². The number of esters is 1. The molecule has 31 heavy (non-hydrogen) atoms. The van der Waals surface area contributed by atoms with Crippen molar-refractivity contribution < 1.29 is 23.8 Å². The summed E-state index contributed by atoms with van der Waals surface area (Å²) in [6.07, 6.45) is 1.68. The van der Waals surface area contributed by atoms with Crippen LogP contribution in [-0.4, -0.2) is 51.4 Å². The summed E-state index contributed by atoms with van der Waals surface area (Å²) >= 11 is 0. The molecule has 0 amide bonds. The minimum atomic E-state index is -2.73. The van der Waals surface area contributed by atoms with Gasteiger partial charge in [0.25, 0.3) is 8.32 Å². The van der Waals surface area contributed by atoms with Gasteiger partial charge in [-0.3, -0.25) is 4.79 Å². The molecule has 3 rings (SSSR count). The molecule has 2 aromatic rings. The topological polar surface area (TPSA) is 65.0 Å². The molecule has 6 heteroatoms. The third-order valence-electron chi connectivity index (χ3n) is 5.73. The summed E-state index contributed by atoms with van der Waals surface area (Å²) in [7, 11) is -1.38. The van der Waals surface area contributed by atoms with E-state index in [9.17, 15) is 9.90 Å². The van der Waals surface area contributed by atoms with Gasteiger partial charge in [0.1, 0.15) is 12.2 Å². The van der Waals surface area contributed by atoms with E-state index in [1.54, 1.807) is 12.2 Å². The maximum absolute atomic E-state index is 11.7. The van der Waals surface area contributed by atoms with Gasteiger partial charge in [-0.1, -0.05) is 93.6 Å². The molecule has 1 aliphatic rings. The molecule has 1 N–H and O–H groups in total. The number of carbonyl (C=O) groups is 1. The van der Waals surface area contributed by atoms with Crippen molar-refractivity contribution in [2.75, 3.05) is 13.7 Å². The third-order valence-corrected chi connectivity index (χ3v) is 10.7. The van der Waals surface area contributed by atoms with Crippen molar-refractivity contribution >= 4 is 24.7 Å². The lowest BCUT2D eigenvalue weighted by atomic mass is 10.1. The van der Waals surface area contributed by atoms with Crippen molar-refractivity contribution in [3.05, 3.63) is 72.8 Å². The summed E-state index contributed by atoms with van der Waals surface area (Å²) in [6, 6.07) is 20.7. The first-order valence-corrected chi connectivity index (χ1v) is 12.5. The normalized spacial score (nSPS) is 21.6. The van der Waals surface area contributed by atoms with Crippen LogP contribution in [0.1, 0.15) is 27.2 Å². The highest BCUT2D eigenvalue weighted by Gasteiger charge is 2.50. The van der Waals surface area contributed by atoms with E-state index in [0.717, 1.165) is 0 Å². The van der Waals surface area contributed by atoms with E-state index in [1.807, 2.05) is 36.4 Å². The van der Waals surface area contributed by atoms with Crippen LogP contribution in [0.2, 0.25) is 5.04 Å². The molecule has 1 heterocycles. The molecular formula is C25H32O5Si. The van der Waals surface area contributed by atoms with Gasteiger partial charge in [0.2, 0.25) is 0 Å². The fourth-order valence-electron chi connectivity index (χ4n) is 4.18. The Balaban J connectivity index is 1.93. The molecule has 0 spiro atoms. The predicted octanol–water partition coefficient (Wildman–Crippen LogP) is 2.81. The lowest BCUT2D eigenvalue weighted by Crippen LogP contribution is -2.67. The fourth-order valence-corrected chi connectivity index (χ4v) is 8.75. The molecule has 0 fully saturated rings. The second-order valence-corrected chi connectivity index (χ2v) is 13.1. The smallest absolute Gasteiger partial charge is 0.308 e. The summed E-state index contributed by atoms with van der Waals surface area (Å²) in [6.45, 7) is 6.84. The third kappa shape index (κ3) is 5.15. The first-order valence-electron chi connectivity index (χ1n) is 10.6. The van der Waals surface area contributed by atoms with E-state index < -0.39 is 26.6 Å². The molecule has 0 aliphatic carbocycles. The molecule has 2 aromatic carbocycles. The molecule has 0 saturated heterocycles. The average Bonchev–Trinajstić information content (AvgIpc) is 2.76. The molecule has 3 atom stereocenters. The Morgan fingerprint density at radius 1 is 1.00 bits per heavy atom. The molecule has 0 aromatic heterocycles. The Morgan fingerprint density at radius 2 is 1.55 bits per heavy atom. The van der Waals surface area contributed by atoms with Crippen LogP contribution >= 0.6 is 0 Å². The van der Waals surface area contributed by atoms with Crippen molar-refractivity contribution in [1.29, 1.82) is 0 Å². The van der Waals surface area contributed by atoms with Crippen molar-refractivity contribution in [3.63, 3.8) is 0 Å². The minimum Gasteiger partial charge on any atom is -0.469 e. The maximum Gasteiger partial charge on any atom is 0.308 e. The molecule has 5 nitrogen and oxygen atoms in total. The van der Waals surface area contributed by atoms with E-state index in [-0.39, 0.29) is 24.0 Å². The van der Waals surface area contributed by atoms with Crippen LogP contribution in [0.5, 0.6) is 0 Å². The van der Waals surface area contributed by atoms with Gasteiger partial charge in [0.15, 0.2) is 0 Å². The summed E-state index contributed by atoms with van der Waals surface area (Å²) in [4.78, 5) is 11.7. The van der Waals surface area contributed by atoms with Gasteiger partial charge < -0.3 is 19.0 Å². The lowest BCUT2D eigenvalue weighted by Gasteiger charge is -2.44. The van der Waals surface area contributed by atoms with Gasteiger partial charge in [-0.05, 0) is 15.4 Å². The SMILES string of the molecule is COC(=O)C[C@H]1C=C[C@@H](O)[C@H](CO[Si](c2ccccc2)(c2ccccc2)C(C)(C)C)O1. The van der Waals surface area contributed by atoms with Gasteiger partial charge in [-0.25, -0.2) is 0 Å². The van der Waals surface area contributed by atoms with Crippen LogP contribution in [-0.2, 0) is 18.7 Å². The Kier molecular flexibility index (Phi) is 7.49. The first kappa shape index (κ1) is 23.4. The molecular weight excluding hydrogens is 408 g/mol. The standard InChI is InChI=1S/C25H32O5Si/c1-25(2,3)31(20-11-7-5-8-12-20,21-13-9-6-10-14-21)29-18-23-22(26)16-15-19(30-23)17-24(27)28-4/h5-16,19,22-23,26H,17-18H2,1-4H3/t19-,22-,23+/m1/s1. The largest absolute Gasteiger partial charge is 0.469 e. The van der Waals surface area contributed by atoms with Crippen molar-refractivity contribution in [2.45, 2.75) is 50.5 Å². The number of methoxy groups -OCH3 is 1. The van der Waals surface area contributed by atoms with Crippen molar-refractivity contribution in [2.24, 2.45) is 0 Å². The highest BCUT2D eigenvalue weighted by Crippen LogP contribution is 2.37. The zero-order valence-electron chi connectivity index (χ0n) is 18.7. The summed E-state index contributed by atoms with van der Waals surface area (Å²) in [5, 5.41) is 12.7. The second-order valence-electron chi connectivity index (χ2n) is 8.84. The Labute approximate surface area is 185 Å². The summed E-state index contributed by atoms with van der Waals surface area (Å²) in [5.41, 5.74) is 0. The molecule has 0 radical (unpaired) electrons. The number of benzene rings is 2.